The summed E-state index contributed by atoms with van der Waals surface area (Å²) in [6.07, 6.45) is 0. The van der Waals surface area contributed by atoms with Gasteiger partial charge < -0.3 is 5.32 Å². The zero-order valence-electron chi connectivity index (χ0n) is 14.6. The van der Waals surface area contributed by atoms with Crippen LogP contribution in [0.1, 0.15) is 15.9 Å². The van der Waals surface area contributed by atoms with E-state index in [2.05, 4.69) is 37.2 Å². The molecule has 0 aliphatic heterocycles. The average molecular weight is 537 g/mol. The monoisotopic (exact) mass is 534 g/mol. The Morgan fingerprint density at radius 1 is 1.11 bits per heavy atom. The third kappa shape index (κ3) is 3.87. The van der Waals surface area contributed by atoms with Gasteiger partial charge in [0.05, 0.1) is 26.5 Å². The standard InChI is InChI=1S/C21H13Br2ClN2OS/c1-11-6-7-13(16(24)8-11)20(27)26-19-14(9-12(22)10-15(19)23)21-25-17-4-2-3-5-18(17)28-21/h2-10H,1H3,(H,26,27). The maximum Gasteiger partial charge on any atom is 0.257 e. The van der Waals surface area contributed by atoms with E-state index >= 15 is 0 Å². The first-order chi connectivity index (χ1) is 13.4. The van der Waals surface area contributed by atoms with Gasteiger partial charge in [-0.2, -0.15) is 0 Å². The molecule has 0 aliphatic carbocycles. The number of nitrogens with zero attached hydrogens (tertiary/aromatic N) is 1. The second kappa shape index (κ2) is 7.95. The number of fused-ring (bicyclic) bond motifs is 1. The highest BCUT2D eigenvalue weighted by molar-refractivity contribution is 9.11. The first kappa shape index (κ1) is 19.6. The topological polar surface area (TPSA) is 42.0 Å². The van der Waals surface area contributed by atoms with Crippen LogP contribution in [0.4, 0.5) is 5.69 Å². The smallest absolute Gasteiger partial charge is 0.257 e. The summed E-state index contributed by atoms with van der Waals surface area (Å²) >= 11 is 15.0. The molecule has 0 aliphatic rings. The van der Waals surface area contributed by atoms with Crippen molar-refractivity contribution in [2.24, 2.45) is 0 Å². The molecule has 1 N–H and O–H groups in total. The highest BCUT2D eigenvalue weighted by Gasteiger charge is 2.18. The number of carbonyl (C=O) groups is 1. The number of nitrogens with one attached hydrogen (secondary N) is 1. The number of para-hydroxylation sites is 1. The Morgan fingerprint density at radius 3 is 2.64 bits per heavy atom. The Morgan fingerprint density at radius 2 is 1.89 bits per heavy atom. The zero-order valence-corrected chi connectivity index (χ0v) is 19.3. The predicted molar refractivity (Wildman–Crippen MR) is 125 cm³/mol. The minimum atomic E-state index is -0.268. The molecule has 1 aromatic heterocycles. The molecule has 28 heavy (non-hydrogen) atoms. The fourth-order valence-corrected chi connectivity index (χ4v) is 5.48. The summed E-state index contributed by atoms with van der Waals surface area (Å²) in [4.78, 5) is 17.6. The van der Waals surface area contributed by atoms with Gasteiger partial charge in [-0.25, -0.2) is 4.98 Å². The van der Waals surface area contributed by atoms with E-state index < -0.39 is 0 Å². The number of aromatic nitrogens is 1. The number of hydrogen-bond acceptors (Lipinski definition) is 3. The SMILES string of the molecule is Cc1ccc(C(=O)Nc2c(Br)cc(Br)cc2-c2nc3ccccc3s2)c(Cl)c1. The Kier molecular flexibility index (Phi) is 5.56. The highest BCUT2D eigenvalue weighted by atomic mass is 79.9. The number of benzene rings is 3. The summed E-state index contributed by atoms with van der Waals surface area (Å²) < 4.78 is 2.74. The first-order valence-electron chi connectivity index (χ1n) is 8.35. The summed E-state index contributed by atoms with van der Waals surface area (Å²) in [5.74, 6) is -0.268. The van der Waals surface area contributed by atoms with E-state index in [1.54, 1.807) is 23.5 Å². The van der Waals surface area contributed by atoms with Crippen LogP contribution in [-0.2, 0) is 0 Å². The molecule has 3 aromatic carbocycles. The summed E-state index contributed by atoms with van der Waals surface area (Å²) in [7, 11) is 0. The van der Waals surface area contributed by atoms with Gasteiger partial charge in [-0.1, -0.05) is 45.7 Å². The molecule has 0 atom stereocenters. The van der Waals surface area contributed by atoms with E-state index in [0.717, 1.165) is 35.3 Å². The van der Waals surface area contributed by atoms with Crippen LogP contribution < -0.4 is 5.32 Å². The van der Waals surface area contributed by atoms with Gasteiger partial charge in [0.1, 0.15) is 5.01 Å². The molecule has 0 saturated carbocycles. The lowest BCUT2D eigenvalue weighted by Gasteiger charge is -2.13. The number of amides is 1. The summed E-state index contributed by atoms with van der Waals surface area (Å²) in [5, 5.41) is 4.25. The number of carbonyl (C=O) groups excluding carboxylic acids is 1. The molecule has 140 valence electrons. The Labute approximate surface area is 188 Å². The lowest BCUT2D eigenvalue weighted by atomic mass is 10.1. The van der Waals surface area contributed by atoms with Crippen molar-refractivity contribution < 1.29 is 4.79 Å². The number of rotatable bonds is 3. The second-order valence-electron chi connectivity index (χ2n) is 6.23. The van der Waals surface area contributed by atoms with Crippen LogP contribution in [0.2, 0.25) is 5.02 Å². The molecule has 0 unspecified atom stereocenters. The van der Waals surface area contributed by atoms with Crippen LogP contribution in [-0.4, -0.2) is 10.9 Å². The third-order valence-corrected chi connectivity index (χ3v) is 6.65. The van der Waals surface area contributed by atoms with E-state index in [0.29, 0.717) is 16.3 Å². The molecule has 3 nitrogen and oxygen atoms in total. The molecule has 1 heterocycles. The minimum absolute atomic E-state index is 0.268. The van der Waals surface area contributed by atoms with Crippen molar-refractivity contribution >= 4 is 76.6 Å². The van der Waals surface area contributed by atoms with E-state index in [1.165, 1.54) is 0 Å². The van der Waals surface area contributed by atoms with Gasteiger partial charge in [0.15, 0.2) is 0 Å². The van der Waals surface area contributed by atoms with Crippen molar-refractivity contribution in [2.75, 3.05) is 5.32 Å². The third-order valence-electron chi connectivity index (χ3n) is 4.19. The molecule has 0 bridgehead atoms. The molecule has 4 aromatic rings. The average Bonchev–Trinajstić information content (AvgIpc) is 3.07. The Hall–Kier alpha value is -1.73. The fourth-order valence-electron chi connectivity index (χ4n) is 2.84. The molecule has 0 fully saturated rings. The van der Waals surface area contributed by atoms with Gasteiger partial charge in [-0.05, 0) is 64.8 Å². The molecule has 7 heteroatoms. The van der Waals surface area contributed by atoms with Crippen molar-refractivity contribution in [1.29, 1.82) is 0 Å². The zero-order chi connectivity index (χ0) is 19.8. The van der Waals surface area contributed by atoms with Gasteiger partial charge in [0.2, 0.25) is 0 Å². The maximum atomic E-state index is 12.9. The largest absolute Gasteiger partial charge is 0.320 e. The molecule has 4 rings (SSSR count). The van der Waals surface area contributed by atoms with Gasteiger partial charge in [-0.15, -0.1) is 11.3 Å². The molecule has 0 saturated heterocycles. The number of aryl methyl sites for hydroxylation is 1. The van der Waals surface area contributed by atoms with E-state index in [1.807, 2.05) is 49.4 Å². The molecular formula is C21H13Br2ClN2OS. The molecule has 0 radical (unpaired) electrons. The Bertz CT molecular complexity index is 1190. The van der Waals surface area contributed by atoms with Crippen molar-refractivity contribution in [1.82, 2.24) is 4.98 Å². The molecule has 1 amide bonds. The van der Waals surface area contributed by atoms with Crippen molar-refractivity contribution in [3.8, 4) is 10.6 Å². The quantitative estimate of drug-likeness (QED) is 0.292. The lowest BCUT2D eigenvalue weighted by Crippen LogP contribution is -2.14. The molecular weight excluding hydrogens is 524 g/mol. The van der Waals surface area contributed by atoms with Crippen molar-refractivity contribution in [3.63, 3.8) is 0 Å². The van der Waals surface area contributed by atoms with Gasteiger partial charge in [0, 0.05) is 14.5 Å². The maximum absolute atomic E-state index is 12.9. The normalized spacial score (nSPS) is 11.0. The molecule has 0 spiro atoms. The number of halogens is 3. The van der Waals surface area contributed by atoms with Crippen LogP contribution in [0.5, 0.6) is 0 Å². The van der Waals surface area contributed by atoms with Crippen LogP contribution in [0, 0.1) is 6.92 Å². The van der Waals surface area contributed by atoms with E-state index in [-0.39, 0.29) is 5.91 Å². The van der Waals surface area contributed by atoms with Crippen LogP contribution >= 0.6 is 54.8 Å². The van der Waals surface area contributed by atoms with Crippen molar-refractivity contribution in [2.45, 2.75) is 6.92 Å². The van der Waals surface area contributed by atoms with E-state index in [9.17, 15) is 4.79 Å². The summed E-state index contributed by atoms with van der Waals surface area (Å²) in [6.45, 7) is 1.93. The summed E-state index contributed by atoms with van der Waals surface area (Å²) in [5.41, 5.74) is 3.85. The number of hydrogen-bond donors (Lipinski definition) is 1. The fraction of sp³-hybridized carbons (Fsp3) is 0.0476. The number of anilines is 1. The summed E-state index contributed by atoms with van der Waals surface area (Å²) in [6, 6.07) is 17.2. The lowest BCUT2D eigenvalue weighted by molar-refractivity contribution is 0.102. The van der Waals surface area contributed by atoms with Crippen LogP contribution in [0.3, 0.4) is 0 Å². The minimum Gasteiger partial charge on any atom is -0.320 e. The van der Waals surface area contributed by atoms with E-state index in [4.69, 9.17) is 16.6 Å². The van der Waals surface area contributed by atoms with Gasteiger partial charge >= 0.3 is 0 Å². The van der Waals surface area contributed by atoms with Gasteiger partial charge in [0.25, 0.3) is 5.91 Å². The van der Waals surface area contributed by atoms with Crippen molar-refractivity contribution in [3.05, 3.63) is 79.7 Å². The predicted octanol–water partition coefficient (Wildman–Crippen LogP) is 7.70. The van der Waals surface area contributed by atoms with Crippen LogP contribution in [0.25, 0.3) is 20.8 Å². The first-order valence-corrected chi connectivity index (χ1v) is 11.1. The number of thiazole rings is 1. The van der Waals surface area contributed by atoms with Gasteiger partial charge in [-0.3, -0.25) is 4.79 Å². The van der Waals surface area contributed by atoms with Crippen LogP contribution in [0.15, 0.2) is 63.5 Å². The highest BCUT2D eigenvalue weighted by Crippen LogP contribution is 2.40. The Balaban J connectivity index is 1.79. The second-order valence-corrected chi connectivity index (χ2v) is 9.44.